The maximum atomic E-state index is 13.1. The number of likely N-dealkylation sites (tertiary alicyclic amines) is 1. The molecule has 2 atom stereocenters. The maximum absolute atomic E-state index is 13.1. The molecule has 1 aliphatic carbocycles. The van der Waals surface area contributed by atoms with Gasteiger partial charge >= 0.3 is 5.63 Å². The van der Waals surface area contributed by atoms with Gasteiger partial charge in [0.05, 0.1) is 11.9 Å². The van der Waals surface area contributed by atoms with E-state index in [0.29, 0.717) is 42.7 Å². The number of rotatable bonds is 4. The summed E-state index contributed by atoms with van der Waals surface area (Å²) in [4.78, 5) is 27.8. The minimum absolute atomic E-state index is 0.0400. The number of carbonyl (C=O) groups excluding carboxylic acids is 1. The molecule has 3 heterocycles. The van der Waals surface area contributed by atoms with E-state index in [1.54, 1.807) is 12.3 Å². The predicted molar refractivity (Wildman–Crippen MR) is 139 cm³/mol. The molecule has 2 aromatic heterocycles. The van der Waals surface area contributed by atoms with Crippen molar-refractivity contribution in [2.24, 2.45) is 5.92 Å². The predicted octanol–water partition coefficient (Wildman–Crippen LogP) is 5.60. The lowest BCUT2D eigenvalue weighted by atomic mass is 9.71. The van der Waals surface area contributed by atoms with Crippen molar-refractivity contribution >= 4 is 27.8 Å². The quantitative estimate of drug-likeness (QED) is 0.380. The van der Waals surface area contributed by atoms with E-state index < -0.39 is 11.2 Å². The molecule has 6 heteroatoms. The zero-order valence-corrected chi connectivity index (χ0v) is 20.6. The summed E-state index contributed by atoms with van der Waals surface area (Å²) in [6.45, 7) is 3.12. The van der Waals surface area contributed by atoms with Crippen molar-refractivity contribution in [3.05, 3.63) is 70.3 Å². The second-order valence-electron chi connectivity index (χ2n) is 10.5. The second-order valence-corrected chi connectivity index (χ2v) is 10.5. The molecule has 1 saturated carbocycles. The van der Waals surface area contributed by atoms with Crippen molar-refractivity contribution in [2.75, 3.05) is 13.1 Å². The van der Waals surface area contributed by atoms with Crippen LogP contribution < -0.4 is 5.63 Å². The largest absolute Gasteiger partial charge is 0.464 e. The Balaban J connectivity index is 1.26. The molecule has 1 N–H and O–H groups in total. The van der Waals surface area contributed by atoms with Crippen molar-refractivity contribution in [1.29, 1.82) is 0 Å². The first-order valence-electron chi connectivity index (χ1n) is 13.0. The number of fused-ring (bicyclic) bond motifs is 3. The summed E-state index contributed by atoms with van der Waals surface area (Å²) in [6.07, 6.45) is 6.96. The summed E-state index contributed by atoms with van der Waals surface area (Å²) in [7, 11) is 0. The number of furan rings is 1. The SMILES string of the molecule is Cc1c(CCC(=O)N2CC[C@]3(O)CCCC[C@H]3C2)c(=O)oc2cc3occ(-c4ccccc4)c3cc12. The summed E-state index contributed by atoms with van der Waals surface area (Å²) in [5, 5.41) is 12.7. The summed E-state index contributed by atoms with van der Waals surface area (Å²) in [5.74, 6) is 0.200. The van der Waals surface area contributed by atoms with Crippen molar-refractivity contribution < 1.29 is 18.7 Å². The zero-order valence-electron chi connectivity index (χ0n) is 20.6. The number of carbonyl (C=O) groups is 1. The molecule has 2 aliphatic rings. The average molecular weight is 486 g/mol. The van der Waals surface area contributed by atoms with E-state index in [-0.39, 0.29) is 18.2 Å². The smallest absolute Gasteiger partial charge is 0.339 e. The monoisotopic (exact) mass is 485 g/mol. The van der Waals surface area contributed by atoms with Crippen LogP contribution in [0.15, 0.2) is 62.4 Å². The molecule has 2 fully saturated rings. The molecule has 0 radical (unpaired) electrons. The van der Waals surface area contributed by atoms with Crippen LogP contribution >= 0.6 is 0 Å². The van der Waals surface area contributed by atoms with Crippen LogP contribution in [-0.4, -0.2) is 34.6 Å². The van der Waals surface area contributed by atoms with Crippen LogP contribution in [0.25, 0.3) is 33.1 Å². The van der Waals surface area contributed by atoms with Gasteiger partial charge < -0.3 is 18.8 Å². The number of piperidine rings is 1. The summed E-state index contributed by atoms with van der Waals surface area (Å²) in [6, 6.07) is 13.8. The number of benzene rings is 2. The van der Waals surface area contributed by atoms with E-state index in [2.05, 4.69) is 0 Å². The Morgan fingerprint density at radius 3 is 2.78 bits per heavy atom. The van der Waals surface area contributed by atoms with Gasteiger partial charge in [-0.15, -0.1) is 0 Å². The highest BCUT2D eigenvalue weighted by atomic mass is 16.4. The molecule has 1 amide bonds. The Morgan fingerprint density at radius 1 is 1.11 bits per heavy atom. The van der Waals surface area contributed by atoms with Gasteiger partial charge in [-0.2, -0.15) is 0 Å². The van der Waals surface area contributed by atoms with Crippen LogP contribution in [0.1, 0.15) is 49.7 Å². The third kappa shape index (κ3) is 3.94. The van der Waals surface area contributed by atoms with E-state index in [0.717, 1.165) is 53.1 Å². The number of amides is 1. The Hall–Kier alpha value is -3.38. The lowest BCUT2D eigenvalue weighted by Gasteiger charge is -2.47. The molecule has 6 nitrogen and oxygen atoms in total. The third-order valence-electron chi connectivity index (χ3n) is 8.44. The van der Waals surface area contributed by atoms with Gasteiger partial charge in [0.15, 0.2) is 0 Å². The number of hydrogen-bond acceptors (Lipinski definition) is 5. The molecular weight excluding hydrogens is 454 g/mol. The van der Waals surface area contributed by atoms with Gasteiger partial charge in [-0.05, 0) is 49.8 Å². The van der Waals surface area contributed by atoms with Crippen LogP contribution in [0, 0.1) is 12.8 Å². The fraction of sp³-hybridized carbons (Fsp3) is 0.400. The summed E-state index contributed by atoms with van der Waals surface area (Å²) in [5.41, 5.74) is 3.58. The van der Waals surface area contributed by atoms with Gasteiger partial charge in [-0.25, -0.2) is 4.79 Å². The minimum atomic E-state index is -0.609. The van der Waals surface area contributed by atoms with E-state index in [1.165, 1.54) is 0 Å². The first kappa shape index (κ1) is 23.0. The highest BCUT2D eigenvalue weighted by molar-refractivity contribution is 6.02. The molecule has 0 unspecified atom stereocenters. The Bertz CT molecular complexity index is 1500. The van der Waals surface area contributed by atoms with Gasteiger partial charge in [0, 0.05) is 53.4 Å². The molecule has 0 bridgehead atoms. The normalized spacial score (nSPS) is 22.2. The van der Waals surface area contributed by atoms with Crippen LogP contribution in [0.3, 0.4) is 0 Å². The summed E-state index contributed by atoms with van der Waals surface area (Å²) < 4.78 is 11.5. The van der Waals surface area contributed by atoms with Gasteiger partial charge in [0.1, 0.15) is 11.2 Å². The van der Waals surface area contributed by atoms with Crippen LogP contribution in [0.2, 0.25) is 0 Å². The van der Waals surface area contributed by atoms with Gasteiger partial charge in [-0.1, -0.05) is 43.2 Å². The third-order valence-corrected chi connectivity index (χ3v) is 8.44. The van der Waals surface area contributed by atoms with Gasteiger partial charge in [0.2, 0.25) is 5.91 Å². The average Bonchev–Trinajstić information content (AvgIpc) is 3.30. The first-order chi connectivity index (χ1) is 17.4. The van der Waals surface area contributed by atoms with Crippen molar-refractivity contribution in [2.45, 2.75) is 57.5 Å². The van der Waals surface area contributed by atoms with Crippen molar-refractivity contribution in [1.82, 2.24) is 4.90 Å². The lowest BCUT2D eigenvalue weighted by molar-refractivity contribution is -0.143. The molecule has 36 heavy (non-hydrogen) atoms. The topological polar surface area (TPSA) is 83.9 Å². The second kappa shape index (κ2) is 8.93. The van der Waals surface area contributed by atoms with Crippen molar-refractivity contribution in [3.8, 4) is 11.1 Å². The van der Waals surface area contributed by atoms with Crippen molar-refractivity contribution in [3.63, 3.8) is 0 Å². The zero-order chi connectivity index (χ0) is 24.9. The number of aliphatic hydroxyl groups is 1. The van der Waals surface area contributed by atoms with Gasteiger partial charge in [0.25, 0.3) is 0 Å². The number of aryl methyl sites for hydroxylation is 1. The van der Waals surface area contributed by atoms with E-state index in [1.807, 2.05) is 48.2 Å². The minimum Gasteiger partial charge on any atom is -0.464 e. The Kier molecular flexibility index (Phi) is 5.72. The van der Waals surface area contributed by atoms with Crippen LogP contribution in [0.4, 0.5) is 0 Å². The number of nitrogens with zero attached hydrogens (tertiary/aromatic N) is 1. The maximum Gasteiger partial charge on any atom is 0.339 e. The molecule has 186 valence electrons. The first-order valence-corrected chi connectivity index (χ1v) is 13.0. The number of hydrogen-bond donors (Lipinski definition) is 1. The highest BCUT2D eigenvalue weighted by Gasteiger charge is 2.43. The molecule has 0 spiro atoms. The molecular formula is C30H31NO5. The van der Waals surface area contributed by atoms with E-state index in [4.69, 9.17) is 8.83 Å². The fourth-order valence-corrected chi connectivity index (χ4v) is 6.23. The Labute approximate surface area is 209 Å². The van der Waals surface area contributed by atoms with Gasteiger partial charge in [-0.3, -0.25) is 4.79 Å². The lowest BCUT2D eigenvalue weighted by Crippen LogP contribution is -2.54. The van der Waals surface area contributed by atoms with E-state index >= 15 is 0 Å². The fourth-order valence-electron chi connectivity index (χ4n) is 6.23. The highest BCUT2D eigenvalue weighted by Crippen LogP contribution is 2.40. The van der Waals surface area contributed by atoms with Crippen LogP contribution in [-0.2, 0) is 11.2 Å². The molecule has 1 aliphatic heterocycles. The molecule has 6 rings (SSSR count). The standard InChI is InChI=1S/C30H31NO5/c1-19-22(10-11-28(32)31-14-13-30(34)12-6-5-9-21(30)17-31)29(33)36-27-16-26-24(15-23(19)27)25(18-35-26)20-7-3-2-4-8-20/h2-4,7-8,15-16,18,21,34H,5-6,9-14,17H2,1H3/t21-,30+/m0/s1. The Morgan fingerprint density at radius 2 is 1.94 bits per heavy atom. The van der Waals surface area contributed by atoms with E-state index in [9.17, 15) is 14.7 Å². The molecule has 4 aromatic rings. The van der Waals surface area contributed by atoms with Crippen LogP contribution in [0.5, 0.6) is 0 Å². The summed E-state index contributed by atoms with van der Waals surface area (Å²) >= 11 is 0. The molecule has 2 aromatic carbocycles. The molecule has 1 saturated heterocycles.